The van der Waals surface area contributed by atoms with E-state index in [1.807, 2.05) is 27.7 Å². The van der Waals surface area contributed by atoms with Crippen molar-refractivity contribution >= 4 is 10.0 Å². The molecule has 0 aromatic heterocycles. The number of aliphatic hydroxyl groups excluding tert-OH is 1. The van der Waals surface area contributed by atoms with Gasteiger partial charge in [0.2, 0.25) is 10.0 Å². The van der Waals surface area contributed by atoms with E-state index < -0.39 is 16.1 Å². The highest BCUT2D eigenvalue weighted by atomic mass is 32.2. The number of sulfonamides is 1. The average Bonchev–Trinajstić information content (AvgIpc) is 2.18. The van der Waals surface area contributed by atoms with E-state index in [1.165, 1.54) is 4.31 Å². The van der Waals surface area contributed by atoms with Gasteiger partial charge in [-0.25, -0.2) is 8.42 Å². The van der Waals surface area contributed by atoms with Crippen molar-refractivity contribution in [2.75, 3.05) is 6.54 Å². The van der Waals surface area contributed by atoms with Crippen LogP contribution in [0.3, 0.4) is 0 Å². The third-order valence-electron chi connectivity index (χ3n) is 3.16. The fraction of sp³-hybridized carbons (Fsp3) is 0.833. The lowest BCUT2D eigenvalue weighted by Crippen LogP contribution is -2.52. The number of rotatable bonds is 3. The molecule has 0 bridgehead atoms. The molecule has 0 aromatic carbocycles. The van der Waals surface area contributed by atoms with Crippen molar-refractivity contribution in [3.8, 4) is 0 Å². The SMILES string of the molecule is C=C1C(O)C[C@@H](C(C)C)N(CC(C)C)S1(=O)=O. The molecule has 1 N–H and O–H groups in total. The van der Waals surface area contributed by atoms with Crippen LogP contribution < -0.4 is 0 Å². The summed E-state index contributed by atoms with van der Waals surface area (Å²) in [7, 11) is -3.55. The van der Waals surface area contributed by atoms with Crippen LogP contribution in [0.25, 0.3) is 0 Å². The standard InChI is InChI=1S/C12H23NO3S/c1-8(2)7-13-11(9(3)4)6-12(14)10(5)17(13,15)16/h8-9,11-12,14H,5-7H2,1-4H3/t11-,12?/m0/s1. The molecule has 0 aromatic rings. The summed E-state index contributed by atoms with van der Waals surface area (Å²) in [5.41, 5.74) is 0. The summed E-state index contributed by atoms with van der Waals surface area (Å²) in [6.07, 6.45) is -0.488. The average molecular weight is 261 g/mol. The van der Waals surface area contributed by atoms with Crippen LogP contribution in [0.2, 0.25) is 0 Å². The molecule has 1 rings (SSSR count). The van der Waals surface area contributed by atoms with E-state index in [0.29, 0.717) is 13.0 Å². The molecular weight excluding hydrogens is 238 g/mol. The van der Waals surface area contributed by atoms with Crippen LogP contribution in [0.15, 0.2) is 11.5 Å². The summed E-state index contributed by atoms with van der Waals surface area (Å²) in [6.45, 7) is 11.9. The van der Waals surface area contributed by atoms with Gasteiger partial charge in [0.15, 0.2) is 0 Å². The predicted octanol–water partition coefficient (Wildman–Crippen LogP) is 1.58. The molecule has 0 aliphatic carbocycles. The van der Waals surface area contributed by atoms with Gasteiger partial charge >= 0.3 is 0 Å². The van der Waals surface area contributed by atoms with Crippen molar-refractivity contribution in [3.05, 3.63) is 11.5 Å². The Balaban J connectivity index is 3.11. The van der Waals surface area contributed by atoms with E-state index in [9.17, 15) is 13.5 Å². The molecular formula is C12H23NO3S. The molecule has 0 spiro atoms. The molecule has 1 saturated heterocycles. The molecule has 0 amide bonds. The lowest BCUT2D eigenvalue weighted by molar-refractivity contribution is 0.124. The van der Waals surface area contributed by atoms with E-state index in [2.05, 4.69) is 6.58 Å². The Morgan fingerprint density at radius 2 is 1.94 bits per heavy atom. The van der Waals surface area contributed by atoms with E-state index in [1.54, 1.807) is 0 Å². The van der Waals surface area contributed by atoms with Gasteiger partial charge < -0.3 is 5.11 Å². The van der Waals surface area contributed by atoms with Gasteiger partial charge in [-0.2, -0.15) is 4.31 Å². The zero-order valence-corrected chi connectivity index (χ0v) is 11.9. The molecule has 1 unspecified atom stereocenters. The highest BCUT2D eigenvalue weighted by Gasteiger charge is 2.42. The van der Waals surface area contributed by atoms with Crippen molar-refractivity contribution in [1.29, 1.82) is 0 Å². The van der Waals surface area contributed by atoms with Gasteiger partial charge in [-0.1, -0.05) is 34.3 Å². The minimum Gasteiger partial charge on any atom is -0.388 e. The normalized spacial score (nSPS) is 30.2. The number of nitrogens with zero attached hydrogens (tertiary/aromatic N) is 1. The van der Waals surface area contributed by atoms with Crippen LogP contribution in [0, 0.1) is 11.8 Å². The zero-order valence-electron chi connectivity index (χ0n) is 11.0. The smallest absolute Gasteiger partial charge is 0.241 e. The Kier molecular flexibility index (Phi) is 4.38. The van der Waals surface area contributed by atoms with Crippen molar-refractivity contribution in [2.24, 2.45) is 11.8 Å². The van der Waals surface area contributed by atoms with Gasteiger partial charge in [-0.3, -0.25) is 0 Å². The maximum absolute atomic E-state index is 12.2. The third kappa shape index (κ3) is 2.89. The molecule has 0 saturated carbocycles. The summed E-state index contributed by atoms with van der Waals surface area (Å²) < 4.78 is 26.0. The molecule has 1 aliphatic heterocycles. The van der Waals surface area contributed by atoms with Crippen LogP contribution in [0.4, 0.5) is 0 Å². The van der Waals surface area contributed by atoms with E-state index >= 15 is 0 Å². The predicted molar refractivity (Wildman–Crippen MR) is 68.9 cm³/mol. The summed E-state index contributed by atoms with van der Waals surface area (Å²) in [6, 6.07) is -0.136. The second-order valence-electron chi connectivity index (χ2n) is 5.50. The molecule has 17 heavy (non-hydrogen) atoms. The summed E-state index contributed by atoms with van der Waals surface area (Å²) in [5.74, 6) is 0.445. The zero-order chi connectivity index (χ0) is 13.4. The van der Waals surface area contributed by atoms with E-state index in [-0.39, 0.29) is 22.8 Å². The lowest BCUT2D eigenvalue weighted by atomic mass is 9.97. The molecule has 0 radical (unpaired) electrons. The van der Waals surface area contributed by atoms with E-state index in [0.717, 1.165) is 0 Å². The first-order valence-electron chi connectivity index (χ1n) is 6.06. The Morgan fingerprint density at radius 3 is 2.35 bits per heavy atom. The van der Waals surface area contributed by atoms with Crippen LogP contribution in [0.5, 0.6) is 0 Å². The largest absolute Gasteiger partial charge is 0.388 e. The van der Waals surface area contributed by atoms with Crippen molar-refractivity contribution in [3.63, 3.8) is 0 Å². The van der Waals surface area contributed by atoms with Gasteiger partial charge in [-0.05, 0) is 18.3 Å². The minimum absolute atomic E-state index is 0.0601. The number of hydrogen-bond acceptors (Lipinski definition) is 3. The van der Waals surface area contributed by atoms with Gasteiger partial charge in [0.25, 0.3) is 0 Å². The van der Waals surface area contributed by atoms with E-state index in [4.69, 9.17) is 0 Å². The molecule has 1 heterocycles. The van der Waals surface area contributed by atoms with Crippen molar-refractivity contribution in [2.45, 2.75) is 46.3 Å². The highest BCUT2D eigenvalue weighted by Crippen LogP contribution is 2.32. The monoisotopic (exact) mass is 261 g/mol. The first kappa shape index (κ1) is 14.7. The quantitative estimate of drug-likeness (QED) is 0.839. The van der Waals surface area contributed by atoms with Gasteiger partial charge in [0, 0.05) is 12.6 Å². The van der Waals surface area contributed by atoms with Gasteiger partial charge in [0.05, 0.1) is 11.0 Å². The summed E-state index contributed by atoms with van der Waals surface area (Å²) in [5, 5.41) is 9.78. The minimum atomic E-state index is -3.55. The molecule has 1 fully saturated rings. The summed E-state index contributed by atoms with van der Waals surface area (Å²) >= 11 is 0. The Labute approximate surface area is 104 Å². The van der Waals surface area contributed by atoms with Gasteiger partial charge in [-0.15, -0.1) is 0 Å². The molecule has 4 nitrogen and oxygen atoms in total. The fourth-order valence-electron chi connectivity index (χ4n) is 2.18. The maximum atomic E-state index is 12.2. The molecule has 1 aliphatic rings. The highest BCUT2D eigenvalue weighted by molar-refractivity contribution is 7.93. The lowest BCUT2D eigenvalue weighted by Gasteiger charge is -2.40. The first-order chi connectivity index (χ1) is 7.67. The Bertz CT molecular complexity index is 387. The maximum Gasteiger partial charge on any atom is 0.241 e. The van der Waals surface area contributed by atoms with Crippen LogP contribution in [-0.2, 0) is 10.0 Å². The number of hydrogen-bond donors (Lipinski definition) is 1. The first-order valence-corrected chi connectivity index (χ1v) is 7.50. The molecule has 100 valence electrons. The fourth-order valence-corrected chi connectivity index (χ4v) is 4.10. The summed E-state index contributed by atoms with van der Waals surface area (Å²) in [4.78, 5) is -0.0601. The number of aliphatic hydroxyl groups is 1. The Hall–Kier alpha value is -0.390. The van der Waals surface area contributed by atoms with Crippen LogP contribution in [-0.4, -0.2) is 36.5 Å². The molecule has 2 atom stereocenters. The van der Waals surface area contributed by atoms with Gasteiger partial charge in [0.1, 0.15) is 0 Å². The Morgan fingerprint density at radius 1 is 1.41 bits per heavy atom. The van der Waals surface area contributed by atoms with Crippen molar-refractivity contribution < 1.29 is 13.5 Å². The molecule has 5 heteroatoms. The third-order valence-corrected chi connectivity index (χ3v) is 5.13. The second kappa shape index (κ2) is 5.08. The van der Waals surface area contributed by atoms with Crippen LogP contribution in [0.1, 0.15) is 34.1 Å². The second-order valence-corrected chi connectivity index (χ2v) is 7.44. The van der Waals surface area contributed by atoms with Crippen LogP contribution >= 0.6 is 0 Å². The van der Waals surface area contributed by atoms with Crippen molar-refractivity contribution in [1.82, 2.24) is 4.31 Å². The topological polar surface area (TPSA) is 57.6 Å².